The van der Waals surface area contributed by atoms with E-state index >= 15 is 0 Å². The van der Waals surface area contributed by atoms with Crippen molar-refractivity contribution in [1.82, 2.24) is 10.9 Å². The minimum absolute atomic E-state index is 0.346. The number of nitrogens with one attached hydrogen (secondary N) is 2. The molecule has 0 bridgehead atoms. The zero-order chi connectivity index (χ0) is 16.1. The molecule has 0 aliphatic heterocycles. The third-order valence-electron chi connectivity index (χ3n) is 3.09. The van der Waals surface area contributed by atoms with Gasteiger partial charge in [-0.15, -0.1) is 0 Å². The number of hydrazine groups is 1. The highest BCUT2D eigenvalue weighted by atomic mass is 127. The predicted molar refractivity (Wildman–Crippen MR) is 97.6 cm³/mol. The molecule has 22 heavy (non-hydrogen) atoms. The van der Waals surface area contributed by atoms with Crippen LogP contribution >= 0.6 is 38.5 Å². The summed E-state index contributed by atoms with van der Waals surface area (Å²) in [7, 11) is 0. The summed E-state index contributed by atoms with van der Waals surface area (Å²) < 4.78 is 1.61. The van der Waals surface area contributed by atoms with Crippen LogP contribution in [0.2, 0.25) is 0 Å². The number of rotatable bonds is 3. The second kappa shape index (κ2) is 7.73. The van der Waals surface area contributed by atoms with Crippen molar-refractivity contribution >= 4 is 50.3 Å². The van der Waals surface area contributed by atoms with Crippen molar-refractivity contribution < 1.29 is 9.59 Å². The van der Waals surface area contributed by atoms with Gasteiger partial charge in [-0.25, -0.2) is 0 Å². The first-order chi connectivity index (χ1) is 10.5. The summed E-state index contributed by atoms with van der Waals surface area (Å²) in [6.45, 7) is 2.05. The summed E-state index contributed by atoms with van der Waals surface area (Å²) in [4.78, 5) is 24.1. The summed E-state index contributed by atoms with van der Waals surface area (Å²) in [5.74, 6) is -0.703. The van der Waals surface area contributed by atoms with Gasteiger partial charge in [-0.3, -0.25) is 20.4 Å². The van der Waals surface area contributed by atoms with E-state index in [1.165, 1.54) is 0 Å². The lowest BCUT2D eigenvalue weighted by atomic mass is 10.1. The third-order valence-corrected chi connectivity index (χ3v) is 4.52. The smallest absolute Gasteiger partial charge is 0.267 e. The quantitative estimate of drug-likeness (QED) is 0.528. The fourth-order valence-corrected chi connectivity index (χ4v) is 2.76. The van der Waals surface area contributed by atoms with Crippen LogP contribution in [0.5, 0.6) is 0 Å². The van der Waals surface area contributed by atoms with Crippen molar-refractivity contribution in [3.8, 4) is 0 Å². The number of hydrogen-bond acceptors (Lipinski definition) is 2. The summed E-state index contributed by atoms with van der Waals surface area (Å²) >= 11 is 5.40. The molecule has 2 amide bonds. The Hall–Kier alpha value is -1.41. The van der Waals surface area contributed by atoms with Crippen molar-refractivity contribution in [1.29, 1.82) is 0 Å². The maximum atomic E-state index is 12.1. The molecule has 4 nitrogen and oxygen atoms in total. The van der Waals surface area contributed by atoms with Gasteiger partial charge in [0.05, 0.1) is 5.56 Å². The van der Waals surface area contributed by atoms with Gasteiger partial charge < -0.3 is 0 Å². The van der Waals surface area contributed by atoms with Gasteiger partial charge >= 0.3 is 0 Å². The molecule has 2 N–H and O–H groups in total. The van der Waals surface area contributed by atoms with Crippen molar-refractivity contribution in [2.45, 2.75) is 13.3 Å². The van der Waals surface area contributed by atoms with E-state index in [4.69, 9.17) is 0 Å². The Morgan fingerprint density at radius 1 is 1.05 bits per heavy atom. The van der Waals surface area contributed by atoms with Crippen LogP contribution in [0, 0.1) is 3.57 Å². The lowest BCUT2D eigenvalue weighted by Gasteiger charge is -2.09. The van der Waals surface area contributed by atoms with Crippen molar-refractivity contribution in [3.05, 3.63) is 67.2 Å². The standard InChI is InChI=1S/C16H14BrIN2O2/c1-2-10-3-5-11(6-4-10)15(21)19-20-16(22)13-9-12(17)7-8-14(13)18/h3-9H,2H2,1H3,(H,19,21)(H,20,22). The first kappa shape index (κ1) is 17.0. The molecule has 2 aromatic carbocycles. The number of carbonyl (C=O) groups excluding carboxylic acids is 2. The summed E-state index contributed by atoms with van der Waals surface area (Å²) in [6.07, 6.45) is 0.917. The first-order valence-corrected chi connectivity index (χ1v) is 8.53. The molecule has 0 atom stereocenters. The SMILES string of the molecule is CCc1ccc(C(=O)NNC(=O)c2cc(Br)ccc2I)cc1. The van der Waals surface area contributed by atoms with Gasteiger partial charge in [-0.2, -0.15) is 0 Å². The topological polar surface area (TPSA) is 58.2 Å². The third kappa shape index (κ3) is 4.30. The molecule has 0 saturated carbocycles. The number of aryl methyl sites for hydroxylation is 1. The van der Waals surface area contributed by atoms with Crippen molar-refractivity contribution in [2.24, 2.45) is 0 Å². The van der Waals surface area contributed by atoms with E-state index in [9.17, 15) is 9.59 Å². The van der Waals surface area contributed by atoms with Crippen LogP contribution in [0.3, 0.4) is 0 Å². The van der Waals surface area contributed by atoms with Gasteiger partial charge in [0.25, 0.3) is 11.8 Å². The second-order valence-corrected chi connectivity index (χ2v) is 6.66. The zero-order valence-electron chi connectivity index (χ0n) is 11.8. The number of amides is 2. The Morgan fingerprint density at radius 3 is 2.32 bits per heavy atom. The highest BCUT2D eigenvalue weighted by molar-refractivity contribution is 14.1. The average Bonchev–Trinajstić information content (AvgIpc) is 2.54. The Balaban J connectivity index is 2.00. The van der Waals surface area contributed by atoms with Gasteiger partial charge in [0.1, 0.15) is 0 Å². The molecule has 0 fully saturated rings. The fourth-order valence-electron chi connectivity index (χ4n) is 1.82. The number of halogens is 2. The molecule has 6 heteroatoms. The monoisotopic (exact) mass is 472 g/mol. The molecule has 0 aromatic heterocycles. The van der Waals surface area contributed by atoms with E-state index in [2.05, 4.69) is 56.3 Å². The van der Waals surface area contributed by atoms with E-state index in [0.29, 0.717) is 11.1 Å². The predicted octanol–water partition coefficient (Wildman–Crippen LogP) is 3.69. The summed E-state index contributed by atoms with van der Waals surface area (Å²) in [5, 5.41) is 0. The summed E-state index contributed by atoms with van der Waals surface area (Å²) in [5.41, 5.74) is 7.01. The van der Waals surface area contributed by atoms with Crippen LogP contribution in [0.1, 0.15) is 33.2 Å². The highest BCUT2D eigenvalue weighted by Crippen LogP contribution is 2.18. The van der Waals surface area contributed by atoms with Crippen LogP contribution in [-0.4, -0.2) is 11.8 Å². The van der Waals surface area contributed by atoms with Crippen molar-refractivity contribution in [3.63, 3.8) is 0 Å². The van der Waals surface area contributed by atoms with Gasteiger partial charge in [-0.05, 0) is 64.9 Å². The van der Waals surface area contributed by atoms with Crippen LogP contribution < -0.4 is 10.9 Å². The van der Waals surface area contributed by atoms with Gasteiger partial charge in [0, 0.05) is 13.6 Å². The molecule has 0 radical (unpaired) electrons. The number of benzene rings is 2. The van der Waals surface area contributed by atoms with Gasteiger partial charge in [0.2, 0.25) is 0 Å². The molecule has 2 rings (SSSR count). The molecule has 0 spiro atoms. The number of carbonyl (C=O) groups is 2. The molecule has 114 valence electrons. The second-order valence-electron chi connectivity index (χ2n) is 4.58. The molecular formula is C16H14BrIN2O2. The van der Waals surface area contributed by atoms with E-state index in [-0.39, 0.29) is 11.8 Å². The minimum Gasteiger partial charge on any atom is -0.267 e. The molecule has 0 aliphatic carbocycles. The van der Waals surface area contributed by atoms with E-state index in [0.717, 1.165) is 20.0 Å². The maximum absolute atomic E-state index is 12.1. The van der Waals surface area contributed by atoms with Gasteiger partial charge in [0.15, 0.2) is 0 Å². The Bertz CT molecular complexity index is 702. The van der Waals surface area contributed by atoms with Gasteiger partial charge in [-0.1, -0.05) is 35.0 Å². The molecular weight excluding hydrogens is 459 g/mol. The number of hydrogen-bond donors (Lipinski definition) is 2. The largest absolute Gasteiger partial charge is 0.270 e. The molecule has 0 unspecified atom stereocenters. The normalized spacial score (nSPS) is 10.1. The molecule has 0 saturated heterocycles. The van der Waals surface area contributed by atoms with Crippen LogP contribution in [0.25, 0.3) is 0 Å². The highest BCUT2D eigenvalue weighted by Gasteiger charge is 2.12. The Kier molecular flexibility index (Phi) is 5.96. The zero-order valence-corrected chi connectivity index (χ0v) is 15.6. The van der Waals surface area contributed by atoms with E-state index in [1.807, 2.05) is 24.3 Å². The molecule has 2 aromatic rings. The lowest BCUT2D eigenvalue weighted by molar-refractivity contribution is 0.0846. The first-order valence-electron chi connectivity index (χ1n) is 6.66. The van der Waals surface area contributed by atoms with E-state index in [1.54, 1.807) is 18.2 Å². The van der Waals surface area contributed by atoms with Crippen LogP contribution in [-0.2, 0) is 6.42 Å². The Labute approximate surface area is 150 Å². The summed E-state index contributed by atoms with van der Waals surface area (Å²) in [6, 6.07) is 12.7. The maximum Gasteiger partial charge on any atom is 0.270 e. The lowest BCUT2D eigenvalue weighted by Crippen LogP contribution is -2.41. The molecule has 0 heterocycles. The van der Waals surface area contributed by atoms with Crippen molar-refractivity contribution in [2.75, 3.05) is 0 Å². The minimum atomic E-state index is -0.357. The Morgan fingerprint density at radius 2 is 1.68 bits per heavy atom. The van der Waals surface area contributed by atoms with Crippen LogP contribution in [0.4, 0.5) is 0 Å². The fraction of sp³-hybridized carbons (Fsp3) is 0.125. The average molecular weight is 473 g/mol. The molecule has 0 aliphatic rings. The van der Waals surface area contributed by atoms with E-state index < -0.39 is 0 Å². The van der Waals surface area contributed by atoms with Crippen LogP contribution in [0.15, 0.2) is 46.9 Å².